The average molecular weight is 248 g/mol. The first-order valence-corrected chi connectivity index (χ1v) is 6.18. The van der Waals surface area contributed by atoms with Crippen LogP contribution >= 0.6 is 0 Å². The zero-order valence-electron chi connectivity index (χ0n) is 10.9. The van der Waals surface area contributed by atoms with Gasteiger partial charge in [-0.15, -0.1) is 0 Å². The summed E-state index contributed by atoms with van der Waals surface area (Å²) in [6, 6.07) is 7.72. The third-order valence-corrected chi connectivity index (χ3v) is 3.56. The highest BCUT2D eigenvalue weighted by Crippen LogP contribution is 2.18. The van der Waals surface area contributed by atoms with Gasteiger partial charge in [0, 0.05) is 25.7 Å². The third kappa shape index (κ3) is 2.47. The summed E-state index contributed by atoms with van der Waals surface area (Å²) in [5.41, 5.74) is 3.89. The summed E-state index contributed by atoms with van der Waals surface area (Å²) in [7, 11) is 2.09. The largest absolute Gasteiger partial charge is 0.336 e. The molecular formula is C13H20N4O. The summed E-state index contributed by atoms with van der Waals surface area (Å²) in [6.45, 7) is 4.56. The highest BCUT2D eigenvalue weighted by molar-refractivity contribution is 5.99. The molecule has 5 heteroatoms. The first-order chi connectivity index (χ1) is 8.63. The minimum absolute atomic E-state index is 0.0449. The molecule has 5 nitrogen and oxygen atoms in total. The second kappa shape index (κ2) is 5.37. The molecular weight excluding hydrogens is 228 g/mol. The van der Waals surface area contributed by atoms with Gasteiger partial charge < -0.3 is 15.2 Å². The fourth-order valence-electron chi connectivity index (χ4n) is 2.20. The van der Waals surface area contributed by atoms with E-state index in [0.29, 0.717) is 17.3 Å². The topological polar surface area (TPSA) is 61.6 Å². The molecule has 0 radical (unpaired) electrons. The monoisotopic (exact) mass is 248 g/mol. The summed E-state index contributed by atoms with van der Waals surface area (Å²) in [6.07, 6.45) is 0. The summed E-state index contributed by atoms with van der Waals surface area (Å²) in [5.74, 6) is 5.48. The average Bonchev–Trinajstić information content (AvgIpc) is 2.41. The van der Waals surface area contributed by atoms with E-state index in [0.717, 1.165) is 19.6 Å². The van der Waals surface area contributed by atoms with Gasteiger partial charge >= 0.3 is 0 Å². The number of nitrogens with zero attached hydrogens (tertiary/aromatic N) is 2. The summed E-state index contributed by atoms with van der Waals surface area (Å²) in [4.78, 5) is 16.6. The molecule has 1 amide bonds. The number of piperazine rings is 1. The van der Waals surface area contributed by atoms with Gasteiger partial charge in [-0.1, -0.05) is 12.1 Å². The van der Waals surface area contributed by atoms with E-state index >= 15 is 0 Å². The number of rotatable bonds is 2. The molecule has 1 saturated heterocycles. The van der Waals surface area contributed by atoms with Crippen molar-refractivity contribution in [3.05, 3.63) is 29.8 Å². The van der Waals surface area contributed by atoms with Crippen LogP contribution in [0.1, 0.15) is 17.3 Å². The summed E-state index contributed by atoms with van der Waals surface area (Å²) < 4.78 is 0. The zero-order valence-corrected chi connectivity index (χ0v) is 10.9. The van der Waals surface area contributed by atoms with E-state index in [4.69, 9.17) is 5.84 Å². The number of nitrogen functional groups attached to an aromatic ring is 1. The van der Waals surface area contributed by atoms with Crippen LogP contribution in [0.3, 0.4) is 0 Å². The van der Waals surface area contributed by atoms with Crippen LogP contribution in [-0.4, -0.2) is 48.4 Å². The molecule has 1 heterocycles. The number of carbonyl (C=O) groups excluding carboxylic acids is 1. The molecule has 0 aliphatic carbocycles. The molecule has 3 N–H and O–H groups in total. The number of para-hydroxylation sites is 1. The number of hydrogen-bond donors (Lipinski definition) is 2. The molecule has 98 valence electrons. The summed E-state index contributed by atoms with van der Waals surface area (Å²) in [5, 5.41) is 0. The molecule has 1 aromatic carbocycles. The normalized spacial score (nSPS) is 20.8. The Morgan fingerprint density at radius 1 is 1.39 bits per heavy atom. The maximum absolute atomic E-state index is 12.4. The number of carbonyl (C=O) groups is 1. The lowest BCUT2D eigenvalue weighted by Gasteiger charge is -2.37. The molecule has 0 bridgehead atoms. The fraction of sp³-hybridized carbons (Fsp3) is 0.462. The number of nitrogens with two attached hydrogens (primary N) is 1. The van der Waals surface area contributed by atoms with Crippen LogP contribution in [0.25, 0.3) is 0 Å². The number of anilines is 1. The van der Waals surface area contributed by atoms with Crippen molar-refractivity contribution in [3.63, 3.8) is 0 Å². The Bertz CT molecular complexity index is 435. The maximum atomic E-state index is 12.4. The second-order valence-electron chi connectivity index (χ2n) is 4.77. The smallest absolute Gasteiger partial charge is 0.256 e. The second-order valence-corrected chi connectivity index (χ2v) is 4.77. The molecule has 1 unspecified atom stereocenters. The Labute approximate surface area is 108 Å². The maximum Gasteiger partial charge on any atom is 0.256 e. The molecule has 1 aromatic rings. The van der Waals surface area contributed by atoms with Gasteiger partial charge in [-0.05, 0) is 26.1 Å². The molecule has 1 aliphatic heterocycles. The molecule has 0 spiro atoms. The van der Waals surface area contributed by atoms with Gasteiger partial charge in [0.2, 0.25) is 0 Å². The lowest BCUT2D eigenvalue weighted by Crippen LogP contribution is -2.52. The van der Waals surface area contributed by atoms with Crippen molar-refractivity contribution in [2.24, 2.45) is 5.84 Å². The first-order valence-electron chi connectivity index (χ1n) is 6.18. The number of benzene rings is 1. The molecule has 2 rings (SSSR count). The van der Waals surface area contributed by atoms with E-state index in [1.165, 1.54) is 0 Å². The summed E-state index contributed by atoms with van der Waals surface area (Å²) >= 11 is 0. The van der Waals surface area contributed by atoms with Crippen LogP contribution < -0.4 is 11.3 Å². The molecule has 1 atom stereocenters. The van der Waals surface area contributed by atoms with Crippen molar-refractivity contribution >= 4 is 11.6 Å². The van der Waals surface area contributed by atoms with Crippen molar-refractivity contribution in [2.75, 3.05) is 32.1 Å². The Balaban J connectivity index is 2.16. The van der Waals surface area contributed by atoms with Crippen molar-refractivity contribution < 1.29 is 4.79 Å². The van der Waals surface area contributed by atoms with E-state index in [9.17, 15) is 4.79 Å². The minimum Gasteiger partial charge on any atom is -0.336 e. The van der Waals surface area contributed by atoms with Gasteiger partial charge in [0.05, 0.1) is 11.3 Å². The van der Waals surface area contributed by atoms with Crippen LogP contribution in [0, 0.1) is 0 Å². The molecule has 18 heavy (non-hydrogen) atoms. The van der Waals surface area contributed by atoms with E-state index < -0.39 is 0 Å². The van der Waals surface area contributed by atoms with E-state index in [2.05, 4.69) is 24.3 Å². The molecule has 1 aliphatic rings. The standard InChI is InChI=1S/C13H20N4O/c1-10-9-17(8-7-16(10)2)13(18)11-5-3-4-6-12(11)15-14/h3-6,10,15H,7-9,14H2,1-2H3. The third-order valence-electron chi connectivity index (χ3n) is 3.56. The SMILES string of the molecule is CC1CN(C(=O)c2ccccc2NN)CCN1C. The van der Waals surface area contributed by atoms with Crippen molar-refractivity contribution in [1.82, 2.24) is 9.80 Å². The first kappa shape index (κ1) is 12.9. The Kier molecular flexibility index (Phi) is 3.84. The van der Waals surface area contributed by atoms with Gasteiger partial charge in [-0.2, -0.15) is 0 Å². The number of hydrogen-bond acceptors (Lipinski definition) is 4. The van der Waals surface area contributed by atoms with Crippen LogP contribution in [0.4, 0.5) is 5.69 Å². The molecule has 0 saturated carbocycles. The van der Waals surface area contributed by atoms with Gasteiger partial charge in [0.15, 0.2) is 0 Å². The Hall–Kier alpha value is -1.59. The van der Waals surface area contributed by atoms with Crippen molar-refractivity contribution in [1.29, 1.82) is 0 Å². The number of hydrazine groups is 1. The van der Waals surface area contributed by atoms with Crippen LogP contribution in [0.15, 0.2) is 24.3 Å². The quantitative estimate of drug-likeness (QED) is 0.599. The van der Waals surface area contributed by atoms with Gasteiger partial charge in [-0.3, -0.25) is 10.6 Å². The predicted octanol–water partition coefficient (Wildman–Crippen LogP) is 0.748. The predicted molar refractivity (Wildman–Crippen MR) is 72.2 cm³/mol. The molecule has 0 aromatic heterocycles. The number of amides is 1. The lowest BCUT2D eigenvalue weighted by molar-refractivity contribution is 0.0573. The number of likely N-dealkylation sites (N-methyl/N-ethyl adjacent to an activating group) is 1. The van der Waals surface area contributed by atoms with Crippen LogP contribution in [0.2, 0.25) is 0 Å². The van der Waals surface area contributed by atoms with E-state index in [-0.39, 0.29) is 5.91 Å². The van der Waals surface area contributed by atoms with E-state index in [1.807, 2.05) is 23.1 Å². The molecule has 1 fully saturated rings. The highest BCUT2D eigenvalue weighted by atomic mass is 16.2. The van der Waals surface area contributed by atoms with Crippen molar-refractivity contribution in [2.45, 2.75) is 13.0 Å². The van der Waals surface area contributed by atoms with Gasteiger partial charge in [0.1, 0.15) is 0 Å². The fourth-order valence-corrected chi connectivity index (χ4v) is 2.20. The van der Waals surface area contributed by atoms with E-state index in [1.54, 1.807) is 6.07 Å². The van der Waals surface area contributed by atoms with Crippen LogP contribution in [-0.2, 0) is 0 Å². The lowest BCUT2D eigenvalue weighted by atomic mass is 10.1. The van der Waals surface area contributed by atoms with Crippen molar-refractivity contribution in [3.8, 4) is 0 Å². The minimum atomic E-state index is 0.0449. The van der Waals surface area contributed by atoms with Crippen LogP contribution in [0.5, 0.6) is 0 Å². The Morgan fingerprint density at radius 3 is 2.78 bits per heavy atom. The van der Waals surface area contributed by atoms with Gasteiger partial charge in [-0.25, -0.2) is 0 Å². The zero-order chi connectivity index (χ0) is 13.1. The number of nitrogens with one attached hydrogen (secondary N) is 1. The highest BCUT2D eigenvalue weighted by Gasteiger charge is 2.26. The van der Waals surface area contributed by atoms with Gasteiger partial charge in [0.25, 0.3) is 5.91 Å². The Morgan fingerprint density at radius 2 is 2.11 bits per heavy atom.